The number of Topliss-reactive ketones (excluding diaryl/α,β-unsaturated/α-hetero) is 1. The Morgan fingerprint density at radius 1 is 1.48 bits per heavy atom. The fourth-order valence-electron chi connectivity index (χ4n) is 3.05. The van der Waals surface area contributed by atoms with Crippen molar-refractivity contribution in [3.05, 3.63) is 45.6 Å². The molecule has 0 amide bonds. The van der Waals surface area contributed by atoms with Crippen LogP contribution in [0.3, 0.4) is 0 Å². The number of ketones is 1. The summed E-state index contributed by atoms with van der Waals surface area (Å²) in [6.45, 7) is 3.53. The minimum atomic E-state index is -0.488. The molecule has 2 unspecified atom stereocenters. The molecule has 2 heterocycles. The summed E-state index contributed by atoms with van der Waals surface area (Å²) in [5.41, 5.74) is 0.559. The van der Waals surface area contributed by atoms with Gasteiger partial charge < -0.3 is 14.2 Å². The van der Waals surface area contributed by atoms with Crippen LogP contribution in [0, 0.1) is 17.0 Å². The van der Waals surface area contributed by atoms with Crippen LogP contribution in [-0.2, 0) is 4.74 Å². The van der Waals surface area contributed by atoms with Crippen molar-refractivity contribution in [2.24, 2.45) is 0 Å². The summed E-state index contributed by atoms with van der Waals surface area (Å²) < 4.78 is 10.7. The van der Waals surface area contributed by atoms with Crippen molar-refractivity contribution in [1.29, 1.82) is 0 Å². The zero-order valence-corrected chi connectivity index (χ0v) is 14.1. The maximum absolute atomic E-state index is 11.6. The van der Waals surface area contributed by atoms with E-state index in [1.165, 1.54) is 13.0 Å². The van der Waals surface area contributed by atoms with Gasteiger partial charge in [0, 0.05) is 31.7 Å². The molecule has 0 radical (unpaired) electrons. The lowest BCUT2D eigenvalue weighted by Crippen LogP contribution is -2.25. The first-order valence-corrected chi connectivity index (χ1v) is 7.79. The number of rotatable bonds is 5. The smallest absolute Gasteiger partial charge is 0.293 e. The Labute approximate surface area is 143 Å². The molecule has 0 aliphatic carbocycles. The third-order valence-electron chi connectivity index (χ3n) is 4.31. The second kappa shape index (κ2) is 6.60. The van der Waals surface area contributed by atoms with Crippen LogP contribution in [0.1, 0.15) is 41.5 Å². The number of nitro groups is 1. The lowest BCUT2D eigenvalue weighted by atomic mass is 10.1. The third-order valence-corrected chi connectivity index (χ3v) is 4.31. The highest BCUT2D eigenvalue weighted by Crippen LogP contribution is 2.41. The van der Waals surface area contributed by atoms with Crippen LogP contribution in [0.4, 0.5) is 11.4 Å². The van der Waals surface area contributed by atoms with Gasteiger partial charge in [0.25, 0.3) is 5.69 Å². The van der Waals surface area contributed by atoms with Gasteiger partial charge in [0.05, 0.1) is 11.0 Å². The van der Waals surface area contributed by atoms with Crippen LogP contribution < -0.4 is 4.90 Å². The largest absolute Gasteiger partial charge is 0.380 e. The Morgan fingerprint density at radius 2 is 2.24 bits per heavy atom. The van der Waals surface area contributed by atoms with Crippen molar-refractivity contribution in [2.45, 2.75) is 32.4 Å². The van der Waals surface area contributed by atoms with Crippen molar-refractivity contribution < 1.29 is 19.0 Å². The van der Waals surface area contributed by atoms with Gasteiger partial charge in [-0.3, -0.25) is 14.9 Å². The average molecular weight is 346 g/mol. The lowest BCUT2D eigenvalue weighted by molar-refractivity contribution is -0.384. The number of aromatic nitrogens is 2. The van der Waals surface area contributed by atoms with E-state index in [-0.39, 0.29) is 23.6 Å². The van der Waals surface area contributed by atoms with Crippen molar-refractivity contribution in [3.8, 4) is 0 Å². The van der Waals surface area contributed by atoms with Crippen LogP contribution in [0.5, 0.6) is 0 Å². The Hall–Kier alpha value is -2.81. The minimum Gasteiger partial charge on any atom is -0.380 e. The second-order valence-electron chi connectivity index (χ2n) is 5.96. The molecule has 0 N–H and O–H groups in total. The Bertz CT molecular complexity index is 819. The maximum atomic E-state index is 11.6. The number of hydrogen-bond acceptors (Lipinski definition) is 8. The van der Waals surface area contributed by atoms with Crippen LogP contribution in [-0.4, -0.2) is 40.6 Å². The molecule has 3 rings (SSSR count). The standard InChI is InChI=1S/C16H18N4O5/c1-9(21)11-4-5-13(14(6-11)20(22)23)19-8-12(24-3)7-15(19)16-17-10(2)18-25-16/h4-6,12,15H,7-8H2,1-3H3. The molecule has 132 valence electrons. The zero-order valence-electron chi connectivity index (χ0n) is 14.1. The number of aryl methyl sites for hydroxylation is 1. The molecule has 1 aliphatic rings. The van der Waals surface area contributed by atoms with E-state index in [0.29, 0.717) is 35.9 Å². The summed E-state index contributed by atoms with van der Waals surface area (Å²) >= 11 is 0. The number of anilines is 1. The zero-order chi connectivity index (χ0) is 18.1. The van der Waals surface area contributed by atoms with E-state index in [1.807, 2.05) is 4.90 Å². The fourth-order valence-corrected chi connectivity index (χ4v) is 3.05. The molecule has 1 aromatic carbocycles. The predicted octanol–water partition coefficient (Wildman–Crippen LogP) is 2.46. The van der Waals surface area contributed by atoms with E-state index < -0.39 is 4.92 Å². The molecule has 2 atom stereocenters. The van der Waals surface area contributed by atoms with Crippen LogP contribution >= 0.6 is 0 Å². The number of nitrogens with zero attached hydrogens (tertiary/aromatic N) is 4. The highest BCUT2D eigenvalue weighted by molar-refractivity contribution is 5.95. The van der Waals surface area contributed by atoms with Crippen LogP contribution in [0.15, 0.2) is 22.7 Å². The molecule has 9 heteroatoms. The monoisotopic (exact) mass is 346 g/mol. The molecule has 0 saturated carbocycles. The molecule has 1 fully saturated rings. The van der Waals surface area contributed by atoms with Crippen LogP contribution in [0.2, 0.25) is 0 Å². The van der Waals surface area contributed by atoms with Crippen molar-refractivity contribution in [3.63, 3.8) is 0 Å². The van der Waals surface area contributed by atoms with Gasteiger partial charge in [0.1, 0.15) is 11.7 Å². The number of methoxy groups -OCH3 is 1. The quantitative estimate of drug-likeness (QED) is 0.461. The van der Waals surface area contributed by atoms with Crippen molar-refractivity contribution in [1.82, 2.24) is 10.1 Å². The first-order chi connectivity index (χ1) is 11.9. The molecule has 2 aromatic rings. The molecule has 1 saturated heterocycles. The van der Waals surface area contributed by atoms with Crippen molar-refractivity contribution >= 4 is 17.2 Å². The Morgan fingerprint density at radius 3 is 2.80 bits per heavy atom. The average Bonchev–Trinajstić information content (AvgIpc) is 3.19. The minimum absolute atomic E-state index is 0.121. The van der Waals surface area contributed by atoms with Gasteiger partial charge in [-0.1, -0.05) is 5.16 Å². The molecular formula is C16H18N4O5. The SMILES string of the molecule is COC1CC(c2nc(C)no2)N(c2ccc(C(C)=O)cc2[N+](=O)[O-])C1. The van der Waals surface area contributed by atoms with Crippen molar-refractivity contribution in [2.75, 3.05) is 18.6 Å². The summed E-state index contributed by atoms with van der Waals surface area (Å²) in [4.78, 5) is 28.7. The number of nitro benzene ring substituents is 1. The lowest BCUT2D eigenvalue weighted by Gasteiger charge is -2.23. The van der Waals surface area contributed by atoms with Crippen LogP contribution in [0.25, 0.3) is 0 Å². The highest BCUT2D eigenvalue weighted by atomic mass is 16.6. The third kappa shape index (κ3) is 3.22. The van der Waals surface area contributed by atoms with Gasteiger partial charge in [0.15, 0.2) is 11.6 Å². The summed E-state index contributed by atoms with van der Waals surface area (Å²) in [6, 6.07) is 4.14. The van der Waals surface area contributed by atoms with E-state index in [0.717, 1.165) is 0 Å². The van der Waals surface area contributed by atoms with E-state index in [1.54, 1.807) is 26.2 Å². The topological polar surface area (TPSA) is 112 Å². The van der Waals surface area contributed by atoms with Gasteiger partial charge in [0.2, 0.25) is 5.89 Å². The maximum Gasteiger partial charge on any atom is 0.293 e. The van der Waals surface area contributed by atoms with E-state index in [9.17, 15) is 14.9 Å². The fraction of sp³-hybridized carbons (Fsp3) is 0.438. The number of hydrogen-bond donors (Lipinski definition) is 0. The van der Waals surface area contributed by atoms with Gasteiger partial charge in [-0.2, -0.15) is 4.98 Å². The highest BCUT2D eigenvalue weighted by Gasteiger charge is 2.39. The number of ether oxygens (including phenoxy) is 1. The molecule has 0 spiro atoms. The predicted molar refractivity (Wildman–Crippen MR) is 87.6 cm³/mol. The van der Waals surface area contributed by atoms with E-state index >= 15 is 0 Å². The number of carbonyl (C=O) groups is 1. The number of carbonyl (C=O) groups excluding carboxylic acids is 1. The van der Waals surface area contributed by atoms with E-state index in [2.05, 4.69) is 10.1 Å². The Balaban J connectivity index is 2.05. The van der Waals surface area contributed by atoms with Gasteiger partial charge in [-0.25, -0.2) is 0 Å². The summed E-state index contributed by atoms with van der Waals surface area (Å²) in [5.74, 6) is 0.661. The van der Waals surface area contributed by atoms with E-state index in [4.69, 9.17) is 9.26 Å². The Kier molecular flexibility index (Phi) is 4.49. The second-order valence-corrected chi connectivity index (χ2v) is 5.96. The summed E-state index contributed by atoms with van der Waals surface area (Å²) in [7, 11) is 1.59. The molecule has 1 aliphatic heterocycles. The molecule has 25 heavy (non-hydrogen) atoms. The molecule has 9 nitrogen and oxygen atoms in total. The molecule has 0 bridgehead atoms. The first kappa shape index (κ1) is 17.0. The molecule has 1 aromatic heterocycles. The normalized spacial score (nSPS) is 20.0. The van der Waals surface area contributed by atoms with Gasteiger partial charge in [-0.05, 0) is 26.0 Å². The molecular weight excluding hydrogens is 328 g/mol. The first-order valence-electron chi connectivity index (χ1n) is 7.79. The van der Waals surface area contributed by atoms with Gasteiger partial charge >= 0.3 is 0 Å². The summed E-state index contributed by atoms with van der Waals surface area (Å²) in [6.07, 6.45) is 0.452. The van der Waals surface area contributed by atoms with Gasteiger partial charge in [-0.15, -0.1) is 0 Å². The summed E-state index contributed by atoms with van der Waals surface area (Å²) in [5, 5.41) is 15.3. The number of benzene rings is 1.